The molecule has 2 N–H and O–H groups in total. The van der Waals surface area contributed by atoms with Crippen molar-refractivity contribution < 1.29 is 34.1 Å². The summed E-state index contributed by atoms with van der Waals surface area (Å²) in [5.41, 5.74) is 1.66. The fourth-order valence-corrected chi connectivity index (χ4v) is 4.89. The quantitative estimate of drug-likeness (QED) is 0.428. The highest BCUT2D eigenvalue weighted by molar-refractivity contribution is 5.97. The number of carbonyl (C=O) groups excluding carboxylic acids is 1. The first-order chi connectivity index (χ1) is 19.1. The molecule has 0 spiro atoms. The minimum absolute atomic E-state index is 0.0281. The third kappa shape index (κ3) is 6.14. The summed E-state index contributed by atoms with van der Waals surface area (Å²) in [6.45, 7) is 3.00. The van der Waals surface area contributed by atoms with Gasteiger partial charge in [0.15, 0.2) is 0 Å². The molecule has 1 fully saturated rings. The van der Waals surface area contributed by atoms with Gasteiger partial charge in [0.05, 0.1) is 43.0 Å². The van der Waals surface area contributed by atoms with E-state index in [1.807, 2.05) is 35.2 Å². The molecule has 9 nitrogen and oxygen atoms in total. The van der Waals surface area contributed by atoms with Gasteiger partial charge in [0.25, 0.3) is 0 Å². The number of rotatable bonds is 7. The summed E-state index contributed by atoms with van der Waals surface area (Å²) in [6, 6.07) is 17.3. The SMILES string of the molecule is COc1cccc(OC)c1C1=CC(C)(C(=O)O)CC(C(=O)O)=C1.O=C1CCCN1Cc1ccc2ccccc2n1. The number of fused-ring (bicyclic) bond motifs is 1. The second-order valence-electron chi connectivity index (χ2n) is 9.93. The van der Waals surface area contributed by atoms with Crippen LogP contribution in [0.5, 0.6) is 11.5 Å². The van der Waals surface area contributed by atoms with E-state index in [1.54, 1.807) is 24.3 Å². The summed E-state index contributed by atoms with van der Waals surface area (Å²) in [7, 11) is 2.97. The fourth-order valence-electron chi connectivity index (χ4n) is 4.89. The van der Waals surface area contributed by atoms with Gasteiger partial charge in [-0.25, -0.2) is 4.79 Å². The molecule has 2 heterocycles. The zero-order chi connectivity index (χ0) is 28.9. The standard InChI is InChI=1S/C17H18O6.C14H14N2O/c1-17(16(20)21)8-10(7-11(9-17)15(18)19)14-12(22-2)5-4-6-13(14)23-3;17-14-6-3-9-16(14)10-12-8-7-11-4-1-2-5-13(11)15-12/h4-8H,9H2,1-3H3,(H,18,19)(H,20,21);1-2,4-5,7-8H,3,6,9-10H2. The minimum Gasteiger partial charge on any atom is -0.496 e. The van der Waals surface area contributed by atoms with Crippen molar-refractivity contribution in [2.45, 2.75) is 32.7 Å². The van der Waals surface area contributed by atoms with Crippen molar-refractivity contribution in [3.05, 3.63) is 83.6 Å². The van der Waals surface area contributed by atoms with Gasteiger partial charge in [-0.05, 0) is 55.7 Å². The number of carboxylic acids is 2. The Kier molecular flexibility index (Phi) is 8.52. The van der Waals surface area contributed by atoms with Crippen molar-refractivity contribution in [1.29, 1.82) is 0 Å². The first kappa shape index (κ1) is 28.4. The van der Waals surface area contributed by atoms with Crippen LogP contribution in [0.15, 0.2) is 72.3 Å². The van der Waals surface area contributed by atoms with Crippen LogP contribution in [-0.2, 0) is 20.9 Å². The number of benzene rings is 2. The molecule has 1 aromatic heterocycles. The van der Waals surface area contributed by atoms with Crippen molar-refractivity contribution in [3.63, 3.8) is 0 Å². The van der Waals surface area contributed by atoms with Crippen LogP contribution in [-0.4, -0.2) is 58.7 Å². The van der Waals surface area contributed by atoms with E-state index in [-0.39, 0.29) is 17.9 Å². The number of aliphatic carboxylic acids is 2. The number of likely N-dealkylation sites (tertiary alicyclic amines) is 1. The second-order valence-corrected chi connectivity index (χ2v) is 9.93. The van der Waals surface area contributed by atoms with Crippen molar-refractivity contribution in [2.75, 3.05) is 20.8 Å². The van der Waals surface area contributed by atoms with Crippen molar-refractivity contribution >= 4 is 34.3 Å². The lowest BCUT2D eigenvalue weighted by Crippen LogP contribution is -2.29. The molecule has 2 aliphatic rings. The fraction of sp³-hybridized carbons (Fsp3) is 0.290. The maximum atomic E-state index is 11.6. The van der Waals surface area contributed by atoms with Gasteiger partial charge in [0.2, 0.25) is 5.91 Å². The van der Waals surface area contributed by atoms with E-state index < -0.39 is 17.4 Å². The molecule has 5 rings (SSSR count). The number of aromatic nitrogens is 1. The second kappa shape index (κ2) is 12.0. The number of allylic oxidation sites excluding steroid dienone is 2. The number of ether oxygens (including phenoxy) is 2. The van der Waals surface area contributed by atoms with Gasteiger partial charge < -0.3 is 24.6 Å². The van der Waals surface area contributed by atoms with Crippen LogP contribution in [0.4, 0.5) is 0 Å². The van der Waals surface area contributed by atoms with Gasteiger partial charge in [-0.1, -0.05) is 36.4 Å². The molecule has 1 unspecified atom stereocenters. The van der Waals surface area contributed by atoms with Crippen molar-refractivity contribution in [3.8, 4) is 11.5 Å². The van der Waals surface area contributed by atoms with Gasteiger partial charge in [-0.2, -0.15) is 0 Å². The molecule has 40 heavy (non-hydrogen) atoms. The molecule has 208 valence electrons. The third-order valence-electron chi connectivity index (χ3n) is 7.02. The molecule has 0 radical (unpaired) electrons. The van der Waals surface area contributed by atoms with Gasteiger partial charge in [-0.15, -0.1) is 0 Å². The molecule has 3 aromatic rings. The smallest absolute Gasteiger partial charge is 0.331 e. The van der Waals surface area contributed by atoms with E-state index in [9.17, 15) is 24.6 Å². The maximum Gasteiger partial charge on any atom is 0.331 e. The number of hydrogen-bond acceptors (Lipinski definition) is 6. The molecule has 2 aromatic carbocycles. The Labute approximate surface area is 232 Å². The van der Waals surface area contributed by atoms with Crippen LogP contribution < -0.4 is 9.47 Å². The number of carbonyl (C=O) groups is 3. The van der Waals surface area contributed by atoms with Crippen LogP contribution in [0.1, 0.15) is 37.4 Å². The number of pyridine rings is 1. The summed E-state index contributed by atoms with van der Waals surface area (Å²) >= 11 is 0. The molecule has 0 saturated carbocycles. The topological polar surface area (TPSA) is 126 Å². The number of para-hydroxylation sites is 1. The summed E-state index contributed by atoms with van der Waals surface area (Å²) in [6.07, 6.45) is 4.59. The van der Waals surface area contributed by atoms with Crippen LogP contribution in [0, 0.1) is 5.41 Å². The Balaban J connectivity index is 0.000000192. The van der Waals surface area contributed by atoms with E-state index in [4.69, 9.17) is 9.47 Å². The van der Waals surface area contributed by atoms with Gasteiger partial charge in [0, 0.05) is 23.9 Å². The molecule has 1 aliphatic carbocycles. The Bertz CT molecular complexity index is 1490. The molecule has 1 amide bonds. The molecule has 1 saturated heterocycles. The molecule has 9 heteroatoms. The number of nitrogens with zero attached hydrogens (tertiary/aromatic N) is 2. The summed E-state index contributed by atoms with van der Waals surface area (Å²) in [5, 5.41) is 19.9. The lowest BCUT2D eigenvalue weighted by Gasteiger charge is -2.27. The summed E-state index contributed by atoms with van der Waals surface area (Å²) < 4.78 is 10.6. The lowest BCUT2D eigenvalue weighted by molar-refractivity contribution is -0.145. The minimum atomic E-state index is -1.32. The van der Waals surface area contributed by atoms with Crippen LogP contribution in [0.3, 0.4) is 0 Å². The molecule has 1 atom stereocenters. The average Bonchev–Trinajstić information content (AvgIpc) is 3.36. The van der Waals surface area contributed by atoms with Crippen LogP contribution in [0.25, 0.3) is 16.5 Å². The molecule has 0 bridgehead atoms. The first-order valence-corrected chi connectivity index (χ1v) is 12.9. The monoisotopic (exact) mass is 544 g/mol. The number of hydrogen-bond donors (Lipinski definition) is 2. The predicted octanol–water partition coefficient (Wildman–Crippen LogP) is 4.95. The van der Waals surface area contributed by atoms with E-state index in [0.717, 1.165) is 29.6 Å². The van der Waals surface area contributed by atoms with Crippen molar-refractivity contribution in [1.82, 2.24) is 9.88 Å². The van der Waals surface area contributed by atoms with Gasteiger partial charge in [-0.3, -0.25) is 14.6 Å². The highest BCUT2D eigenvalue weighted by atomic mass is 16.5. The normalized spacial score (nSPS) is 18.4. The van der Waals surface area contributed by atoms with Gasteiger partial charge in [0.1, 0.15) is 11.5 Å². The Morgan fingerprint density at radius 2 is 1.70 bits per heavy atom. The Morgan fingerprint density at radius 1 is 1.00 bits per heavy atom. The number of amides is 1. The largest absolute Gasteiger partial charge is 0.496 e. The summed E-state index contributed by atoms with van der Waals surface area (Å²) in [5.74, 6) is -1.02. The highest BCUT2D eigenvalue weighted by Gasteiger charge is 2.37. The number of methoxy groups -OCH3 is 2. The average molecular weight is 545 g/mol. The van der Waals surface area contributed by atoms with E-state index >= 15 is 0 Å². The third-order valence-corrected chi connectivity index (χ3v) is 7.02. The Hall–Kier alpha value is -4.66. The Morgan fingerprint density at radius 3 is 2.30 bits per heavy atom. The highest BCUT2D eigenvalue weighted by Crippen LogP contribution is 2.43. The summed E-state index contributed by atoms with van der Waals surface area (Å²) in [4.78, 5) is 41.0. The van der Waals surface area contributed by atoms with E-state index in [1.165, 1.54) is 27.2 Å². The maximum absolute atomic E-state index is 11.6. The van der Waals surface area contributed by atoms with Gasteiger partial charge >= 0.3 is 11.9 Å². The van der Waals surface area contributed by atoms with Crippen LogP contribution >= 0.6 is 0 Å². The van der Waals surface area contributed by atoms with E-state index in [2.05, 4.69) is 11.1 Å². The van der Waals surface area contributed by atoms with E-state index in [0.29, 0.717) is 35.6 Å². The first-order valence-electron chi connectivity index (χ1n) is 12.9. The zero-order valence-corrected chi connectivity index (χ0v) is 22.7. The van der Waals surface area contributed by atoms with Crippen molar-refractivity contribution in [2.24, 2.45) is 5.41 Å². The molecular weight excluding hydrogens is 512 g/mol. The molecule has 1 aliphatic heterocycles. The number of carboxylic acid groups (broad SMARTS) is 2. The van der Waals surface area contributed by atoms with Crippen LogP contribution in [0.2, 0.25) is 0 Å². The lowest BCUT2D eigenvalue weighted by atomic mass is 9.76. The predicted molar refractivity (Wildman–Crippen MR) is 150 cm³/mol. The molecular formula is C31H32N2O7. The zero-order valence-electron chi connectivity index (χ0n) is 22.7.